The van der Waals surface area contributed by atoms with Crippen LogP contribution in [0.5, 0.6) is 0 Å². The molecule has 1 saturated heterocycles. The van der Waals surface area contributed by atoms with Crippen molar-refractivity contribution in [3.05, 3.63) is 35.3 Å². The average molecular weight is 411 g/mol. The van der Waals surface area contributed by atoms with Crippen LogP contribution in [-0.2, 0) is 11.2 Å². The summed E-state index contributed by atoms with van der Waals surface area (Å²) in [6.45, 7) is 3.26. The molecule has 30 heavy (non-hydrogen) atoms. The maximum atomic E-state index is 13.3. The van der Waals surface area contributed by atoms with Crippen molar-refractivity contribution >= 4 is 17.5 Å². The van der Waals surface area contributed by atoms with Crippen LogP contribution in [0, 0.1) is 0 Å². The third-order valence-corrected chi connectivity index (χ3v) is 6.98. The molecule has 0 bridgehead atoms. The third kappa shape index (κ3) is 3.49. The Morgan fingerprint density at radius 2 is 1.90 bits per heavy atom. The molecule has 0 atom stereocenters. The number of rotatable bonds is 4. The summed E-state index contributed by atoms with van der Waals surface area (Å²) in [5.41, 5.74) is 3.52. The fourth-order valence-electron chi connectivity index (χ4n) is 5.04. The maximum absolute atomic E-state index is 13.3. The van der Waals surface area contributed by atoms with Crippen LogP contribution in [0.2, 0.25) is 0 Å². The zero-order valence-electron chi connectivity index (χ0n) is 17.6. The van der Waals surface area contributed by atoms with E-state index in [0.717, 1.165) is 37.0 Å². The van der Waals surface area contributed by atoms with Crippen LogP contribution in [0.3, 0.4) is 0 Å². The van der Waals surface area contributed by atoms with Crippen LogP contribution in [0.1, 0.15) is 73.1 Å². The number of fused-ring (bicyclic) bond motifs is 1. The lowest BCUT2D eigenvalue weighted by Gasteiger charge is -2.41. The molecule has 2 aliphatic carbocycles. The quantitative estimate of drug-likeness (QED) is 0.839. The van der Waals surface area contributed by atoms with Crippen molar-refractivity contribution in [2.75, 3.05) is 19.6 Å². The van der Waals surface area contributed by atoms with E-state index < -0.39 is 0 Å². The van der Waals surface area contributed by atoms with E-state index in [2.05, 4.69) is 21.6 Å². The predicted molar refractivity (Wildman–Crippen MR) is 112 cm³/mol. The van der Waals surface area contributed by atoms with Crippen molar-refractivity contribution in [1.29, 1.82) is 0 Å². The minimum atomic E-state index is -0.234. The number of carbonyl (C=O) groups excluding carboxylic acids is 2. The Bertz CT molecular complexity index is 972. The number of nitrogens with zero attached hydrogens (tertiary/aromatic N) is 4. The van der Waals surface area contributed by atoms with Gasteiger partial charge >= 0.3 is 0 Å². The van der Waals surface area contributed by atoms with Gasteiger partial charge in [-0.15, -0.1) is 0 Å². The molecule has 3 fully saturated rings. The molecule has 5 rings (SSSR count). The third-order valence-electron chi connectivity index (χ3n) is 6.98. The Labute approximate surface area is 176 Å². The Kier molecular flexibility index (Phi) is 5.01. The number of pyridine rings is 1. The molecule has 2 aromatic rings. The highest BCUT2D eigenvalue weighted by molar-refractivity contribution is 5.97. The van der Waals surface area contributed by atoms with E-state index in [0.29, 0.717) is 31.1 Å². The van der Waals surface area contributed by atoms with Gasteiger partial charge in [0.2, 0.25) is 5.91 Å². The Morgan fingerprint density at radius 1 is 1.13 bits per heavy atom. The van der Waals surface area contributed by atoms with Gasteiger partial charge in [0, 0.05) is 25.3 Å². The van der Waals surface area contributed by atoms with Crippen molar-refractivity contribution in [2.24, 2.45) is 0 Å². The van der Waals surface area contributed by atoms with E-state index in [4.69, 9.17) is 0 Å². The average Bonchev–Trinajstić information content (AvgIpc) is 3.54. The first-order chi connectivity index (χ1) is 14.5. The van der Waals surface area contributed by atoms with Gasteiger partial charge < -0.3 is 19.3 Å². The SMILES string of the molecule is CCc1c(C(=O)N2CCN(C3CCC(O)CC3)C(=O)C2)nc2ccc(C3CC3)cn12. The Hall–Kier alpha value is -2.41. The van der Waals surface area contributed by atoms with Crippen LogP contribution in [0.25, 0.3) is 5.65 Å². The minimum Gasteiger partial charge on any atom is -0.393 e. The zero-order valence-corrected chi connectivity index (χ0v) is 17.6. The van der Waals surface area contributed by atoms with Crippen molar-refractivity contribution in [2.45, 2.75) is 69.9 Å². The highest BCUT2D eigenvalue weighted by Crippen LogP contribution is 2.40. The van der Waals surface area contributed by atoms with Crippen LogP contribution in [-0.4, -0.2) is 67.9 Å². The van der Waals surface area contributed by atoms with Crippen molar-refractivity contribution in [1.82, 2.24) is 19.2 Å². The second-order valence-electron chi connectivity index (χ2n) is 9.00. The van der Waals surface area contributed by atoms with Crippen molar-refractivity contribution in [3.8, 4) is 0 Å². The van der Waals surface area contributed by atoms with Gasteiger partial charge in [0.15, 0.2) is 5.69 Å². The van der Waals surface area contributed by atoms with Gasteiger partial charge in [0.05, 0.1) is 11.8 Å². The standard InChI is InChI=1S/C23H30N4O3/c1-2-19-22(24-20-10-5-16(13-27(19)20)15-3-4-15)23(30)25-11-12-26(21(29)14-25)17-6-8-18(28)9-7-17/h5,10,13,15,17-18,28H,2-4,6-9,11-12,14H2,1H3. The summed E-state index contributed by atoms with van der Waals surface area (Å²) in [5.74, 6) is 0.511. The molecule has 3 heterocycles. The van der Waals surface area contributed by atoms with Gasteiger partial charge in [0.1, 0.15) is 12.2 Å². The number of piperazine rings is 1. The van der Waals surface area contributed by atoms with Crippen molar-refractivity contribution < 1.29 is 14.7 Å². The van der Waals surface area contributed by atoms with E-state index in [1.54, 1.807) is 4.90 Å². The first kappa shape index (κ1) is 19.5. The molecule has 0 radical (unpaired) electrons. The Balaban J connectivity index is 1.34. The van der Waals surface area contributed by atoms with Crippen LogP contribution < -0.4 is 0 Å². The highest BCUT2D eigenvalue weighted by Gasteiger charge is 2.35. The monoisotopic (exact) mass is 410 g/mol. The summed E-state index contributed by atoms with van der Waals surface area (Å²) in [6, 6.07) is 4.32. The molecular formula is C23H30N4O3. The van der Waals surface area contributed by atoms with E-state index >= 15 is 0 Å². The van der Waals surface area contributed by atoms with Crippen LogP contribution in [0.4, 0.5) is 0 Å². The number of aliphatic hydroxyl groups is 1. The maximum Gasteiger partial charge on any atom is 0.274 e. The van der Waals surface area contributed by atoms with E-state index in [-0.39, 0.29) is 30.5 Å². The number of carbonyl (C=O) groups is 2. The lowest BCUT2D eigenvalue weighted by atomic mass is 9.91. The number of imidazole rings is 1. The normalized spacial score (nSPS) is 25.2. The number of amides is 2. The number of hydrogen-bond donors (Lipinski definition) is 1. The number of aromatic nitrogens is 2. The molecule has 1 aliphatic heterocycles. The minimum absolute atomic E-state index is 0.00817. The van der Waals surface area contributed by atoms with Gasteiger partial charge in [-0.2, -0.15) is 0 Å². The van der Waals surface area contributed by atoms with Gasteiger partial charge in [-0.3, -0.25) is 9.59 Å². The molecule has 3 aliphatic rings. The van der Waals surface area contributed by atoms with Gasteiger partial charge in [0.25, 0.3) is 5.91 Å². The lowest BCUT2D eigenvalue weighted by Crippen LogP contribution is -2.56. The molecule has 0 unspecified atom stereocenters. The largest absolute Gasteiger partial charge is 0.393 e. The molecule has 2 saturated carbocycles. The number of aliphatic hydroxyl groups excluding tert-OH is 1. The molecule has 2 aromatic heterocycles. The fraction of sp³-hybridized carbons (Fsp3) is 0.609. The summed E-state index contributed by atoms with van der Waals surface area (Å²) >= 11 is 0. The smallest absolute Gasteiger partial charge is 0.274 e. The lowest BCUT2D eigenvalue weighted by molar-refractivity contribution is -0.138. The molecule has 0 aromatic carbocycles. The van der Waals surface area contributed by atoms with E-state index in [9.17, 15) is 14.7 Å². The molecule has 7 nitrogen and oxygen atoms in total. The van der Waals surface area contributed by atoms with E-state index in [1.807, 2.05) is 17.9 Å². The molecule has 2 amide bonds. The molecule has 7 heteroatoms. The predicted octanol–water partition coefficient (Wildman–Crippen LogP) is 2.36. The first-order valence-corrected chi connectivity index (χ1v) is 11.3. The Morgan fingerprint density at radius 3 is 2.57 bits per heavy atom. The van der Waals surface area contributed by atoms with Gasteiger partial charge in [-0.1, -0.05) is 13.0 Å². The van der Waals surface area contributed by atoms with Gasteiger partial charge in [-0.25, -0.2) is 4.98 Å². The topological polar surface area (TPSA) is 78.2 Å². The summed E-state index contributed by atoms with van der Waals surface area (Å²) in [7, 11) is 0. The summed E-state index contributed by atoms with van der Waals surface area (Å²) in [4.78, 5) is 34.3. The second kappa shape index (κ2) is 7.69. The summed E-state index contributed by atoms with van der Waals surface area (Å²) in [6.07, 6.45) is 8.28. The molecule has 160 valence electrons. The molecular weight excluding hydrogens is 380 g/mol. The van der Waals surface area contributed by atoms with Crippen LogP contribution in [0.15, 0.2) is 18.3 Å². The number of hydrogen-bond acceptors (Lipinski definition) is 4. The first-order valence-electron chi connectivity index (χ1n) is 11.3. The van der Waals surface area contributed by atoms with Crippen LogP contribution >= 0.6 is 0 Å². The second-order valence-corrected chi connectivity index (χ2v) is 9.00. The summed E-state index contributed by atoms with van der Waals surface area (Å²) < 4.78 is 2.06. The highest BCUT2D eigenvalue weighted by atomic mass is 16.3. The number of aryl methyl sites for hydroxylation is 1. The van der Waals surface area contributed by atoms with E-state index in [1.165, 1.54) is 18.4 Å². The zero-order chi connectivity index (χ0) is 20.8. The van der Waals surface area contributed by atoms with Gasteiger partial charge in [-0.05, 0) is 62.5 Å². The fourth-order valence-corrected chi connectivity index (χ4v) is 5.04. The van der Waals surface area contributed by atoms with Crippen molar-refractivity contribution in [3.63, 3.8) is 0 Å². The molecule has 0 spiro atoms. The summed E-state index contributed by atoms with van der Waals surface area (Å²) in [5, 5.41) is 9.73. The molecule has 1 N–H and O–H groups in total.